The molecule has 0 rings (SSSR count). The minimum absolute atomic E-state index is 0.0771. The number of esters is 3. The maximum Gasteiger partial charge on any atom is 0.306 e. The zero-order valence-electron chi connectivity index (χ0n) is 48.4. The molecule has 0 amide bonds. The summed E-state index contributed by atoms with van der Waals surface area (Å²) in [6.45, 7) is 6.51. The van der Waals surface area contributed by atoms with Crippen molar-refractivity contribution in [1.29, 1.82) is 0 Å². The first-order valence-corrected chi connectivity index (χ1v) is 31.4. The standard InChI is InChI=1S/C67H118O6/c1-4-7-10-13-16-19-22-25-28-29-30-31-32-33-34-35-36-37-38-39-40-43-45-48-51-54-57-60-66(69)72-63-64(73-67(70)61-58-55-52-49-46-42-27-24-21-18-15-12-9-6-3)62-71-65(68)59-56-53-50-47-44-41-26-23-20-17-14-11-8-5-2/h7,10,15-16,18-19,24-25,27-28,30-31,64H,4-6,8-9,11-14,17,20-23,26,29,32-63H2,1-3H3/b10-7-,18-15-,19-16-,27-24-,28-25-,31-30-. The Hall–Kier alpha value is -3.15. The van der Waals surface area contributed by atoms with Gasteiger partial charge in [-0.05, 0) is 83.5 Å². The van der Waals surface area contributed by atoms with Gasteiger partial charge < -0.3 is 14.2 Å². The van der Waals surface area contributed by atoms with Gasteiger partial charge in [0.15, 0.2) is 6.10 Å². The van der Waals surface area contributed by atoms with E-state index in [4.69, 9.17) is 14.2 Å². The molecule has 0 aromatic rings. The van der Waals surface area contributed by atoms with E-state index >= 15 is 0 Å². The van der Waals surface area contributed by atoms with Crippen molar-refractivity contribution in [2.75, 3.05) is 13.2 Å². The van der Waals surface area contributed by atoms with Crippen LogP contribution in [0, 0.1) is 0 Å². The third-order valence-electron chi connectivity index (χ3n) is 13.7. The first kappa shape index (κ1) is 69.8. The van der Waals surface area contributed by atoms with Gasteiger partial charge in [-0.2, -0.15) is 0 Å². The fourth-order valence-electron chi connectivity index (χ4n) is 8.98. The molecule has 0 N–H and O–H groups in total. The Bertz CT molecular complexity index is 1360. The lowest BCUT2D eigenvalue weighted by Crippen LogP contribution is -2.30. The maximum atomic E-state index is 12.9. The Kier molecular flexibility index (Phi) is 58.7. The van der Waals surface area contributed by atoms with Gasteiger partial charge in [0.2, 0.25) is 0 Å². The molecule has 0 aromatic carbocycles. The van der Waals surface area contributed by atoms with E-state index in [1.165, 1.54) is 167 Å². The van der Waals surface area contributed by atoms with Crippen LogP contribution in [0.3, 0.4) is 0 Å². The van der Waals surface area contributed by atoms with Crippen molar-refractivity contribution < 1.29 is 28.6 Å². The summed E-state index contributed by atoms with van der Waals surface area (Å²) in [4.78, 5) is 38.2. The quantitative estimate of drug-likeness (QED) is 0.0261. The molecule has 0 spiro atoms. The molecule has 0 aliphatic carbocycles. The minimum atomic E-state index is -0.780. The second-order valence-electron chi connectivity index (χ2n) is 20.9. The van der Waals surface area contributed by atoms with Gasteiger partial charge in [0, 0.05) is 19.3 Å². The number of hydrogen-bond acceptors (Lipinski definition) is 6. The van der Waals surface area contributed by atoms with Crippen molar-refractivity contribution >= 4 is 17.9 Å². The molecule has 0 radical (unpaired) electrons. The van der Waals surface area contributed by atoms with E-state index in [1.807, 2.05) is 0 Å². The molecule has 1 unspecified atom stereocenters. The number of unbranched alkanes of at least 4 members (excludes halogenated alkanes) is 34. The van der Waals surface area contributed by atoms with Crippen LogP contribution in [0.5, 0.6) is 0 Å². The summed E-state index contributed by atoms with van der Waals surface area (Å²) in [7, 11) is 0. The summed E-state index contributed by atoms with van der Waals surface area (Å²) in [6, 6.07) is 0. The number of carbonyl (C=O) groups is 3. The van der Waals surface area contributed by atoms with Crippen LogP contribution in [0.4, 0.5) is 0 Å². The van der Waals surface area contributed by atoms with Gasteiger partial charge in [0.1, 0.15) is 13.2 Å². The summed E-state index contributed by atoms with van der Waals surface area (Å²) < 4.78 is 16.9. The van der Waals surface area contributed by atoms with E-state index in [-0.39, 0.29) is 31.1 Å². The van der Waals surface area contributed by atoms with Crippen molar-refractivity contribution in [3.63, 3.8) is 0 Å². The van der Waals surface area contributed by atoms with Gasteiger partial charge in [0.25, 0.3) is 0 Å². The fourth-order valence-corrected chi connectivity index (χ4v) is 8.98. The Morgan fingerprint density at radius 2 is 0.548 bits per heavy atom. The molecule has 6 nitrogen and oxygen atoms in total. The van der Waals surface area contributed by atoms with Gasteiger partial charge in [-0.25, -0.2) is 0 Å². The first-order valence-electron chi connectivity index (χ1n) is 31.4. The van der Waals surface area contributed by atoms with Crippen LogP contribution in [0.25, 0.3) is 0 Å². The van der Waals surface area contributed by atoms with E-state index in [9.17, 15) is 14.4 Å². The molecule has 0 aliphatic heterocycles. The van der Waals surface area contributed by atoms with Crippen LogP contribution < -0.4 is 0 Å². The predicted molar refractivity (Wildman–Crippen MR) is 316 cm³/mol. The van der Waals surface area contributed by atoms with Crippen LogP contribution in [0.1, 0.15) is 316 Å². The zero-order chi connectivity index (χ0) is 52.9. The van der Waals surface area contributed by atoms with Crippen molar-refractivity contribution in [3.05, 3.63) is 72.9 Å². The lowest BCUT2D eigenvalue weighted by Gasteiger charge is -2.18. The normalized spacial score (nSPS) is 12.5. The average molecular weight is 1020 g/mol. The van der Waals surface area contributed by atoms with Gasteiger partial charge in [0.05, 0.1) is 0 Å². The van der Waals surface area contributed by atoms with E-state index in [0.717, 1.165) is 109 Å². The van der Waals surface area contributed by atoms with Crippen molar-refractivity contribution in [2.24, 2.45) is 0 Å². The van der Waals surface area contributed by atoms with Crippen molar-refractivity contribution in [3.8, 4) is 0 Å². The van der Waals surface area contributed by atoms with Crippen molar-refractivity contribution in [1.82, 2.24) is 0 Å². The molecule has 0 saturated carbocycles. The minimum Gasteiger partial charge on any atom is -0.462 e. The van der Waals surface area contributed by atoms with Crippen LogP contribution in [-0.2, 0) is 28.6 Å². The zero-order valence-corrected chi connectivity index (χ0v) is 48.4. The highest BCUT2D eigenvalue weighted by atomic mass is 16.6. The van der Waals surface area contributed by atoms with Crippen molar-refractivity contribution in [2.45, 2.75) is 322 Å². The van der Waals surface area contributed by atoms with Crippen LogP contribution in [0.2, 0.25) is 0 Å². The van der Waals surface area contributed by atoms with Crippen LogP contribution in [0.15, 0.2) is 72.9 Å². The largest absolute Gasteiger partial charge is 0.462 e. The molecule has 422 valence electrons. The Balaban J connectivity index is 4.24. The van der Waals surface area contributed by atoms with Crippen LogP contribution >= 0.6 is 0 Å². The number of hydrogen-bond donors (Lipinski definition) is 0. The maximum absolute atomic E-state index is 12.9. The smallest absolute Gasteiger partial charge is 0.306 e. The molecular weight excluding hydrogens is 901 g/mol. The molecular formula is C67H118O6. The number of rotatable bonds is 57. The molecule has 6 heteroatoms. The van der Waals surface area contributed by atoms with E-state index < -0.39 is 6.10 Å². The highest BCUT2D eigenvalue weighted by molar-refractivity contribution is 5.71. The molecule has 1 atom stereocenters. The molecule has 0 aliphatic rings. The second kappa shape index (κ2) is 61.4. The lowest BCUT2D eigenvalue weighted by molar-refractivity contribution is -0.167. The first-order chi connectivity index (χ1) is 36.0. The summed E-state index contributed by atoms with van der Waals surface area (Å²) in [6.07, 6.45) is 79.1. The molecule has 0 heterocycles. The summed E-state index contributed by atoms with van der Waals surface area (Å²) >= 11 is 0. The number of allylic oxidation sites excluding steroid dienone is 12. The average Bonchev–Trinajstić information content (AvgIpc) is 3.39. The Morgan fingerprint density at radius 1 is 0.288 bits per heavy atom. The van der Waals surface area contributed by atoms with Crippen LogP contribution in [-0.4, -0.2) is 37.2 Å². The third-order valence-corrected chi connectivity index (χ3v) is 13.7. The predicted octanol–water partition coefficient (Wildman–Crippen LogP) is 21.3. The van der Waals surface area contributed by atoms with Gasteiger partial charge >= 0.3 is 17.9 Å². The highest BCUT2D eigenvalue weighted by Gasteiger charge is 2.19. The molecule has 73 heavy (non-hydrogen) atoms. The fraction of sp³-hybridized carbons (Fsp3) is 0.776. The van der Waals surface area contributed by atoms with E-state index in [2.05, 4.69) is 93.7 Å². The third kappa shape index (κ3) is 59.6. The van der Waals surface area contributed by atoms with E-state index in [1.54, 1.807) is 0 Å². The Morgan fingerprint density at radius 3 is 0.877 bits per heavy atom. The summed E-state index contributed by atoms with van der Waals surface area (Å²) in [5.41, 5.74) is 0. The van der Waals surface area contributed by atoms with Gasteiger partial charge in [-0.3, -0.25) is 14.4 Å². The number of carbonyl (C=O) groups excluding carboxylic acids is 3. The summed E-state index contributed by atoms with van der Waals surface area (Å²) in [5, 5.41) is 0. The van der Waals surface area contributed by atoms with E-state index in [0.29, 0.717) is 19.3 Å². The highest BCUT2D eigenvalue weighted by Crippen LogP contribution is 2.17. The SMILES string of the molecule is CC/C=C\C/C=C\C/C=C\C/C=C\CCCCCCCCCCCCCCCCC(=O)OCC(COC(=O)CCCCCCCCCCCCCCCC)OC(=O)CCCCCCC/C=C\C/C=C\CCCC. The van der Waals surface area contributed by atoms with Gasteiger partial charge in [-0.15, -0.1) is 0 Å². The summed E-state index contributed by atoms with van der Waals surface area (Å²) in [5.74, 6) is -0.877. The molecule has 0 aromatic heterocycles. The molecule has 0 bridgehead atoms. The molecule has 0 saturated heterocycles. The number of ether oxygens (including phenoxy) is 3. The monoisotopic (exact) mass is 1020 g/mol. The lowest BCUT2D eigenvalue weighted by atomic mass is 10.0. The topological polar surface area (TPSA) is 78.9 Å². The Labute approximate surface area is 453 Å². The van der Waals surface area contributed by atoms with Gasteiger partial charge in [-0.1, -0.05) is 286 Å². The molecule has 0 fully saturated rings. The second-order valence-corrected chi connectivity index (χ2v) is 20.9.